The topological polar surface area (TPSA) is 50.8 Å². The highest BCUT2D eigenvalue weighted by Crippen LogP contribution is 2.22. The molecule has 1 fully saturated rings. The summed E-state index contributed by atoms with van der Waals surface area (Å²) in [6, 6.07) is 11.7. The van der Waals surface area contributed by atoms with Gasteiger partial charge in [-0.05, 0) is 70.0 Å². The van der Waals surface area contributed by atoms with Crippen LogP contribution in [0.1, 0.15) is 36.1 Å². The smallest absolute Gasteiger partial charge is 0.262 e. The Morgan fingerprint density at radius 1 is 1.10 bits per heavy atom. The van der Waals surface area contributed by atoms with Gasteiger partial charge in [0, 0.05) is 24.3 Å². The summed E-state index contributed by atoms with van der Waals surface area (Å²) in [6.07, 6.45) is 0.322. The van der Waals surface area contributed by atoms with Gasteiger partial charge in [-0.3, -0.25) is 4.79 Å². The first-order valence-electron chi connectivity index (χ1n) is 10.3. The molecule has 1 saturated heterocycles. The number of benzene rings is 2. The number of nitrogens with one attached hydrogen (secondary N) is 1. The summed E-state index contributed by atoms with van der Waals surface area (Å²) in [5.41, 5.74) is 5.09. The van der Waals surface area contributed by atoms with Crippen LogP contribution in [0.2, 0.25) is 0 Å². The number of rotatable bonds is 5. The lowest BCUT2D eigenvalue weighted by molar-refractivity contribution is -0.118. The van der Waals surface area contributed by atoms with E-state index >= 15 is 0 Å². The zero-order valence-electron chi connectivity index (χ0n) is 18.3. The van der Waals surface area contributed by atoms with Gasteiger partial charge in [0.25, 0.3) is 5.91 Å². The molecule has 1 amide bonds. The first kappa shape index (κ1) is 22.2. The van der Waals surface area contributed by atoms with E-state index in [2.05, 4.69) is 36.2 Å². The molecule has 160 valence electrons. The molecule has 6 heteroatoms. The number of thiocarbonyl (C=S) groups is 1. The second kappa shape index (κ2) is 9.58. The van der Waals surface area contributed by atoms with Crippen molar-refractivity contribution in [2.45, 2.75) is 46.8 Å². The number of morpholine rings is 1. The minimum absolute atomic E-state index is 0.0466. The fourth-order valence-electron chi connectivity index (χ4n) is 3.92. The third kappa shape index (κ3) is 5.58. The molecule has 0 bridgehead atoms. The lowest BCUT2D eigenvalue weighted by Gasteiger charge is -2.37. The Bertz CT molecular complexity index is 894. The summed E-state index contributed by atoms with van der Waals surface area (Å²) in [5, 5.41) is 2.95. The fourth-order valence-corrected chi connectivity index (χ4v) is 4.21. The predicted molar refractivity (Wildman–Crippen MR) is 125 cm³/mol. The van der Waals surface area contributed by atoms with E-state index in [0.717, 1.165) is 40.5 Å². The molecular formula is C24H30N2O3S. The van der Waals surface area contributed by atoms with Gasteiger partial charge in [-0.15, -0.1) is 0 Å². The first-order valence-corrected chi connectivity index (χ1v) is 10.7. The number of carbonyl (C=O) groups is 1. The molecule has 0 aliphatic carbocycles. The number of anilines is 1. The van der Waals surface area contributed by atoms with E-state index in [-0.39, 0.29) is 24.7 Å². The summed E-state index contributed by atoms with van der Waals surface area (Å²) < 4.78 is 11.4. The lowest BCUT2D eigenvalue weighted by atomic mass is 10.1. The second-order valence-electron chi connectivity index (χ2n) is 8.10. The van der Waals surface area contributed by atoms with Crippen LogP contribution in [0, 0.1) is 20.8 Å². The summed E-state index contributed by atoms with van der Waals surface area (Å²) >= 11 is 5.67. The number of hydrogen-bond acceptors (Lipinski definition) is 4. The van der Waals surface area contributed by atoms with Crippen LogP contribution in [0.25, 0.3) is 0 Å². The minimum atomic E-state index is -0.180. The Balaban J connectivity index is 1.56. The molecule has 2 atom stereocenters. The number of ether oxygens (including phenoxy) is 2. The predicted octanol–water partition coefficient (Wildman–Crippen LogP) is 4.41. The van der Waals surface area contributed by atoms with E-state index in [9.17, 15) is 4.79 Å². The lowest BCUT2D eigenvalue weighted by Crippen LogP contribution is -2.47. The van der Waals surface area contributed by atoms with Gasteiger partial charge in [-0.1, -0.05) is 29.9 Å². The summed E-state index contributed by atoms with van der Waals surface area (Å²) in [5.74, 6) is 0.457. The van der Waals surface area contributed by atoms with E-state index in [1.807, 2.05) is 45.0 Å². The zero-order valence-corrected chi connectivity index (χ0v) is 19.1. The Kier molecular flexibility index (Phi) is 7.10. The van der Waals surface area contributed by atoms with Crippen molar-refractivity contribution < 1.29 is 14.3 Å². The van der Waals surface area contributed by atoms with E-state index in [1.54, 1.807) is 0 Å². The quantitative estimate of drug-likeness (QED) is 0.718. The molecular weight excluding hydrogens is 396 g/mol. The molecule has 30 heavy (non-hydrogen) atoms. The Morgan fingerprint density at radius 3 is 2.23 bits per heavy atom. The van der Waals surface area contributed by atoms with Gasteiger partial charge in [-0.25, -0.2) is 0 Å². The number of amides is 1. The van der Waals surface area contributed by atoms with Gasteiger partial charge in [0.15, 0.2) is 6.61 Å². The minimum Gasteiger partial charge on any atom is -0.484 e. The molecule has 5 nitrogen and oxygen atoms in total. The molecule has 0 saturated carbocycles. The zero-order chi connectivity index (χ0) is 21.8. The standard InChI is InChI=1S/C24H30N2O3S/c1-15-10-16(2)23(17(3)11-15)25-22(27)14-28-21-8-6-20(7-9-21)24(30)26-12-18(4)29-19(5)13-26/h6-11,18-19H,12-14H2,1-5H3,(H,25,27)/t18-,19-/m1/s1. The number of aryl methyl sites for hydroxylation is 3. The molecule has 0 spiro atoms. The molecule has 0 aromatic heterocycles. The third-order valence-electron chi connectivity index (χ3n) is 5.12. The Labute approximate surface area is 184 Å². The van der Waals surface area contributed by atoms with Crippen LogP contribution in [0.4, 0.5) is 5.69 Å². The molecule has 1 aliphatic heterocycles. The van der Waals surface area contributed by atoms with Crippen molar-refractivity contribution in [2.75, 3.05) is 25.0 Å². The van der Waals surface area contributed by atoms with E-state index in [1.165, 1.54) is 5.56 Å². The van der Waals surface area contributed by atoms with Gasteiger partial charge < -0.3 is 19.7 Å². The van der Waals surface area contributed by atoms with Gasteiger partial charge in [0.05, 0.1) is 12.2 Å². The van der Waals surface area contributed by atoms with Crippen LogP contribution in [-0.4, -0.2) is 47.7 Å². The van der Waals surface area contributed by atoms with Gasteiger partial charge in [-0.2, -0.15) is 0 Å². The number of nitrogens with zero attached hydrogens (tertiary/aromatic N) is 1. The third-order valence-corrected chi connectivity index (χ3v) is 5.61. The molecule has 3 rings (SSSR count). The highest BCUT2D eigenvalue weighted by atomic mass is 32.1. The average molecular weight is 427 g/mol. The van der Waals surface area contributed by atoms with Crippen LogP contribution < -0.4 is 10.1 Å². The number of carbonyl (C=O) groups excluding carboxylic acids is 1. The molecule has 2 aromatic carbocycles. The highest BCUT2D eigenvalue weighted by Gasteiger charge is 2.24. The maximum Gasteiger partial charge on any atom is 0.262 e. The highest BCUT2D eigenvalue weighted by molar-refractivity contribution is 7.80. The maximum atomic E-state index is 12.3. The SMILES string of the molecule is Cc1cc(C)c(NC(=O)COc2ccc(C(=S)N3C[C@@H](C)O[C@H](C)C3)cc2)c(C)c1. The van der Waals surface area contributed by atoms with Crippen molar-refractivity contribution in [1.82, 2.24) is 4.90 Å². The molecule has 0 unspecified atom stereocenters. The van der Waals surface area contributed by atoms with Crippen LogP contribution in [-0.2, 0) is 9.53 Å². The average Bonchev–Trinajstić information content (AvgIpc) is 2.68. The molecule has 1 heterocycles. The summed E-state index contributed by atoms with van der Waals surface area (Å²) in [7, 11) is 0. The van der Waals surface area contributed by atoms with Crippen molar-refractivity contribution in [3.05, 3.63) is 58.7 Å². The normalized spacial score (nSPS) is 18.8. The van der Waals surface area contributed by atoms with Crippen molar-refractivity contribution in [1.29, 1.82) is 0 Å². The molecule has 1 N–H and O–H groups in total. The van der Waals surface area contributed by atoms with Crippen molar-refractivity contribution >= 4 is 28.8 Å². The van der Waals surface area contributed by atoms with Crippen LogP contribution in [0.3, 0.4) is 0 Å². The van der Waals surface area contributed by atoms with Crippen LogP contribution >= 0.6 is 12.2 Å². The Morgan fingerprint density at radius 2 is 1.67 bits per heavy atom. The van der Waals surface area contributed by atoms with Crippen molar-refractivity contribution in [2.24, 2.45) is 0 Å². The molecule has 2 aromatic rings. The van der Waals surface area contributed by atoms with E-state index in [4.69, 9.17) is 21.7 Å². The second-order valence-corrected chi connectivity index (χ2v) is 8.49. The molecule has 0 radical (unpaired) electrons. The maximum absolute atomic E-state index is 12.3. The van der Waals surface area contributed by atoms with Gasteiger partial charge in [0.1, 0.15) is 10.7 Å². The van der Waals surface area contributed by atoms with Gasteiger partial charge >= 0.3 is 0 Å². The van der Waals surface area contributed by atoms with Crippen molar-refractivity contribution in [3.63, 3.8) is 0 Å². The van der Waals surface area contributed by atoms with E-state index in [0.29, 0.717) is 5.75 Å². The largest absolute Gasteiger partial charge is 0.484 e. The monoisotopic (exact) mass is 426 g/mol. The number of hydrogen-bond donors (Lipinski definition) is 1. The van der Waals surface area contributed by atoms with Crippen molar-refractivity contribution in [3.8, 4) is 5.75 Å². The van der Waals surface area contributed by atoms with Gasteiger partial charge in [0.2, 0.25) is 0 Å². The summed E-state index contributed by atoms with van der Waals surface area (Å²) in [4.78, 5) is 15.3. The van der Waals surface area contributed by atoms with Crippen LogP contribution in [0.15, 0.2) is 36.4 Å². The first-order chi connectivity index (χ1) is 14.2. The Hall–Kier alpha value is -2.44. The van der Waals surface area contributed by atoms with E-state index < -0.39 is 0 Å². The summed E-state index contributed by atoms with van der Waals surface area (Å²) in [6.45, 7) is 11.7. The fraction of sp³-hybridized carbons (Fsp3) is 0.417. The van der Waals surface area contributed by atoms with Crippen LogP contribution in [0.5, 0.6) is 5.75 Å². The molecule has 1 aliphatic rings.